The van der Waals surface area contributed by atoms with E-state index >= 15 is 0 Å². The van der Waals surface area contributed by atoms with Crippen molar-refractivity contribution >= 4 is 6.08 Å². The maximum Gasteiger partial charge on any atom is 0.208 e. The maximum atomic E-state index is 6.05. The third kappa shape index (κ3) is 3.91. The number of methoxy groups -OCH3 is 1. The lowest BCUT2D eigenvalue weighted by atomic mass is 9.89. The van der Waals surface area contributed by atoms with Crippen molar-refractivity contribution in [3.05, 3.63) is 89.7 Å². The number of ether oxygens (including phenoxy) is 2. The molecule has 1 aliphatic heterocycles. The molecular weight excluding hydrogens is 284 g/mol. The van der Waals surface area contributed by atoms with E-state index in [4.69, 9.17) is 9.47 Å². The highest BCUT2D eigenvalue weighted by molar-refractivity contribution is 5.52. The molecule has 2 aromatic rings. The summed E-state index contributed by atoms with van der Waals surface area (Å²) in [5.74, 6) is 0.523. The predicted octanol–water partition coefficient (Wildman–Crippen LogP) is 5.15. The van der Waals surface area contributed by atoms with Crippen LogP contribution in [0.4, 0.5) is 0 Å². The Morgan fingerprint density at radius 2 is 1.65 bits per heavy atom. The van der Waals surface area contributed by atoms with Crippen LogP contribution in [0, 0.1) is 0 Å². The van der Waals surface area contributed by atoms with Gasteiger partial charge in [0.25, 0.3) is 0 Å². The van der Waals surface area contributed by atoms with Crippen LogP contribution in [0.3, 0.4) is 0 Å². The first-order valence-electron chi connectivity index (χ1n) is 7.93. The van der Waals surface area contributed by atoms with Crippen LogP contribution in [0.1, 0.15) is 30.4 Å². The normalized spacial score (nSPS) is 24.3. The minimum absolute atomic E-state index is 0.283. The van der Waals surface area contributed by atoms with Crippen LogP contribution in [-0.2, 0) is 9.47 Å². The average Bonchev–Trinajstić information content (AvgIpc) is 2.61. The molecule has 0 spiro atoms. The lowest BCUT2D eigenvalue weighted by Gasteiger charge is -2.36. The van der Waals surface area contributed by atoms with Gasteiger partial charge in [-0.1, -0.05) is 66.7 Å². The van der Waals surface area contributed by atoms with Crippen molar-refractivity contribution in [3.63, 3.8) is 0 Å². The number of benzene rings is 2. The van der Waals surface area contributed by atoms with E-state index in [0.717, 1.165) is 17.7 Å². The van der Waals surface area contributed by atoms with Gasteiger partial charge >= 0.3 is 0 Å². The fourth-order valence-electron chi connectivity index (χ4n) is 2.85. The number of hydrogen-bond donors (Lipinski definition) is 0. The molecule has 0 saturated heterocycles. The molecule has 0 fully saturated rings. The summed E-state index contributed by atoms with van der Waals surface area (Å²) in [4.78, 5) is 0. The van der Waals surface area contributed by atoms with Gasteiger partial charge in [-0.2, -0.15) is 0 Å². The van der Waals surface area contributed by atoms with E-state index in [0.29, 0.717) is 0 Å². The quantitative estimate of drug-likeness (QED) is 0.777. The minimum Gasteiger partial charge on any atom is -0.463 e. The Morgan fingerprint density at radius 1 is 1.00 bits per heavy atom. The Morgan fingerprint density at radius 3 is 2.30 bits per heavy atom. The zero-order valence-electron chi connectivity index (χ0n) is 13.6. The van der Waals surface area contributed by atoms with Crippen molar-refractivity contribution in [1.82, 2.24) is 0 Å². The van der Waals surface area contributed by atoms with E-state index in [9.17, 15) is 0 Å². The van der Waals surface area contributed by atoms with Crippen LogP contribution in [0.2, 0.25) is 0 Å². The van der Waals surface area contributed by atoms with Gasteiger partial charge in [-0.3, -0.25) is 0 Å². The lowest BCUT2D eigenvalue weighted by molar-refractivity contribution is -0.195. The predicted molar refractivity (Wildman–Crippen MR) is 93.9 cm³/mol. The Kier molecular flexibility index (Phi) is 4.63. The van der Waals surface area contributed by atoms with Gasteiger partial charge in [0.1, 0.15) is 5.76 Å². The summed E-state index contributed by atoms with van der Waals surface area (Å²) in [7, 11) is 1.70. The fraction of sp³-hybridized carbons (Fsp3) is 0.238. The molecule has 0 aromatic heterocycles. The molecule has 0 N–H and O–H groups in total. The molecule has 0 bridgehead atoms. The molecule has 2 atom stereocenters. The highest BCUT2D eigenvalue weighted by Crippen LogP contribution is 2.37. The summed E-state index contributed by atoms with van der Waals surface area (Å²) in [6, 6.07) is 20.7. The van der Waals surface area contributed by atoms with Gasteiger partial charge < -0.3 is 9.47 Å². The zero-order chi connectivity index (χ0) is 16.1. The number of hydrogen-bond acceptors (Lipinski definition) is 2. The lowest BCUT2D eigenvalue weighted by Crippen LogP contribution is -2.35. The first-order chi connectivity index (χ1) is 11.2. The molecular formula is C21H22O2. The topological polar surface area (TPSA) is 18.5 Å². The molecule has 3 rings (SSSR count). The van der Waals surface area contributed by atoms with E-state index in [1.165, 1.54) is 5.56 Å². The average molecular weight is 306 g/mol. The van der Waals surface area contributed by atoms with Gasteiger partial charge in [0, 0.05) is 26.4 Å². The third-order valence-electron chi connectivity index (χ3n) is 4.19. The van der Waals surface area contributed by atoms with Crippen LogP contribution in [0.5, 0.6) is 0 Å². The summed E-state index contributed by atoms with van der Waals surface area (Å²) in [6.45, 7) is 1.99. The van der Waals surface area contributed by atoms with Crippen LogP contribution < -0.4 is 0 Å². The molecule has 1 heterocycles. The smallest absolute Gasteiger partial charge is 0.208 e. The Bertz CT molecular complexity index is 688. The van der Waals surface area contributed by atoms with E-state index in [2.05, 4.69) is 48.6 Å². The Labute approximate surface area is 138 Å². The second kappa shape index (κ2) is 6.84. The van der Waals surface area contributed by atoms with Gasteiger partial charge in [0.15, 0.2) is 0 Å². The second-order valence-corrected chi connectivity index (χ2v) is 5.97. The van der Waals surface area contributed by atoms with Crippen molar-refractivity contribution in [2.45, 2.75) is 25.0 Å². The van der Waals surface area contributed by atoms with E-state index in [-0.39, 0.29) is 5.92 Å². The molecule has 2 aromatic carbocycles. The van der Waals surface area contributed by atoms with Crippen LogP contribution in [-0.4, -0.2) is 12.9 Å². The summed E-state index contributed by atoms with van der Waals surface area (Å²) < 4.78 is 11.7. The van der Waals surface area contributed by atoms with E-state index < -0.39 is 5.79 Å². The molecule has 0 radical (unpaired) electrons. The zero-order valence-corrected chi connectivity index (χ0v) is 13.6. The second-order valence-electron chi connectivity index (χ2n) is 5.97. The maximum absolute atomic E-state index is 6.05. The van der Waals surface area contributed by atoms with Crippen molar-refractivity contribution < 1.29 is 9.47 Å². The highest BCUT2D eigenvalue weighted by atomic mass is 16.7. The summed E-state index contributed by atoms with van der Waals surface area (Å²) >= 11 is 0. The summed E-state index contributed by atoms with van der Waals surface area (Å²) in [5, 5.41) is 0. The monoisotopic (exact) mass is 306 g/mol. The van der Waals surface area contributed by atoms with Gasteiger partial charge in [0.05, 0.1) is 0 Å². The van der Waals surface area contributed by atoms with Gasteiger partial charge in [-0.25, -0.2) is 0 Å². The molecule has 2 heteroatoms. The number of rotatable bonds is 4. The van der Waals surface area contributed by atoms with Gasteiger partial charge in [0.2, 0.25) is 5.79 Å². The molecule has 1 aliphatic rings. The Hall–Kier alpha value is -2.32. The van der Waals surface area contributed by atoms with Crippen LogP contribution in [0.15, 0.2) is 78.6 Å². The first-order valence-corrected chi connectivity index (χ1v) is 7.93. The minimum atomic E-state index is -0.606. The van der Waals surface area contributed by atoms with E-state index in [1.807, 2.05) is 37.3 Å². The standard InChI is InChI=1S/C21H22O2/c1-21(22-2)16-19(18-11-7-4-8-12-18)15-20(23-21)14-13-17-9-5-3-6-10-17/h3-15,19H,16H2,1-2H3/b14-13+/t19-,21+/m1/s1. The van der Waals surface area contributed by atoms with Crippen molar-refractivity contribution in [3.8, 4) is 0 Å². The fourth-order valence-corrected chi connectivity index (χ4v) is 2.85. The van der Waals surface area contributed by atoms with Crippen LogP contribution in [0.25, 0.3) is 6.08 Å². The molecule has 118 valence electrons. The molecule has 2 nitrogen and oxygen atoms in total. The molecule has 0 aliphatic carbocycles. The van der Waals surface area contributed by atoms with Gasteiger partial charge in [-0.05, 0) is 23.3 Å². The highest BCUT2D eigenvalue weighted by Gasteiger charge is 2.34. The summed E-state index contributed by atoms with van der Waals surface area (Å²) in [6.07, 6.45) is 7.06. The van der Waals surface area contributed by atoms with Crippen LogP contribution >= 0.6 is 0 Å². The molecule has 23 heavy (non-hydrogen) atoms. The van der Waals surface area contributed by atoms with E-state index in [1.54, 1.807) is 7.11 Å². The molecule has 0 unspecified atom stereocenters. The van der Waals surface area contributed by atoms with Crippen molar-refractivity contribution in [1.29, 1.82) is 0 Å². The number of allylic oxidation sites excluding steroid dienone is 2. The largest absolute Gasteiger partial charge is 0.463 e. The molecule has 0 saturated carbocycles. The summed E-state index contributed by atoms with van der Waals surface area (Å²) in [5.41, 5.74) is 2.43. The first kappa shape index (κ1) is 15.6. The van der Waals surface area contributed by atoms with Crippen molar-refractivity contribution in [2.24, 2.45) is 0 Å². The molecule has 0 amide bonds. The van der Waals surface area contributed by atoms with Gasteiger partial charge in [-0.15, -0.1) is 0 Å². The SMILES string of the molecule is CO[C@]1(C)C[C@H](c2ccccc2)C=C(/C=C/c2ccccc2)O1. The third-order valence-corrected chi connectivity index (χ3v) is 4.19. The van der Waals surface area contributed by atoms with Crippen molar-refractivity contribution in [2.75, 3.05) is 7.11 Å². The Balaban J connectivity index is 1.88.